The molecule has 0 radical (unpaired) electrons. The Labute approximate surface area is 89.5 Å². The van der Waals surface area contributed by atoms with E-state index in [0.29, 0.717) is 6.29 Å². The van der Waals surface area contributed by atoms with Gasteiger partial charge in [-0.2, -0.15) is 0 Å². The standard InChI is InChI=1S/C10H7F2N3O/c1-6-2-9(12)10(3-8(6)11)15-4-7(5-16)13-14-15/h2-5H,1H3. The number of benzene rings is 1. The monoisotopic (exact) mass is 223 g/mol. The van der Waals surface area contributed by atoms with Crippen molar-refractivity contribution < 1.29 is 13.6 Å². The molecule has 0 amide bonds. The van der Waals surface area contributed by atoms with Crippen molar-refractivity contribution in [3.05, 3.63) is 41.2 Å². The molecule has 0 saturated carbocycles. The summed E-state index contributed by atoms with van der Waals surface area (Å²) in [5.74, 6) is -1.17. The molecule has 0 fully saturated rings. The Morgan fingerprint density at radius 2 is 2.06 bits per heavy atom. The number of hydrogen-bond donors (Lipinski definition) is 0. The number of hydrogen-bond acceptors (Lipinski definition) is 3. The van der Waals surface area contributed by atoms with E-state index in [1.165, 1.54) is 13.1 Å². The van der Waals surface area contributed by atoms with Gasteiger partial charge in [0.15, 0.2) is 6.29 Å². The van der Waals surface area contributed by atoms with Gasteiger partial charge >= 0.3 is 0 Å². The quantitative estimate of drug-likeness (QED) is 0.727. The van der Waals surface area contributed by atoms with Crippen LogP contribution in [0, 0.1) is 18.6 Å². The second kappa shape index (κ2) is 3.80. The van der Waals surface area contributed by atoms with E-state index in [9.17, 15) is 13.6 Å². The summed E-state index contributed by atoms with van der Waals surface area (Å²) in [5.41, 5.74) is 0.182. The summed E-state index contributed by atoms with van der Waals surface area (Å²) in [6.45, 7) is 1.46. The molecule has 0 aliphatic carbocycles. The van der Waals surface area contributed by atoms with Crippen LogP contribution in [0.25, 0.3) is 5.69 Å². The Hall–Kier alpha value is -2.11. The highest BCUT2D eigenvalue weighted by Gasteiger charge is 2.10. The molecule has 2 rings (SSSR count). The minimum Gasteiger partial charge on any atom is -0.296 e. The SMILES string of the molecule is Cc1cc(F)c(-n2cc(C=O)nn2)cc1F. The first-order valence-electron chi connectivity index (χ1n) is 4.45. The number of carbonyl (C=O) groups is 1. The molecule has 4 nitrogen and oxygen atoms in total. The zero-order valence-corrected chi connectivity index (χ0v) is 8.32. The average molecular weight is 223 g/mol. The van der Waals surface area contributed by atoms with E-state index in [1.807, 2.05) is 0 Å². The summed E-state index contributed by atoms with van der Waals surface area (Å²) in [7, 11) is 0. The fraction of sp³-hybridized carbons (Fsp3) is 0.100. The van der Waals surface area contributed by atoms with Crippen LogP contribution in [0.15, 0.2) is 18.3 Å². The number of carbonyl (C=O) groups excluding carboxylic acids is 1. The normalized spacial score (nSPS) is 10.4. The van der Waals surface area contributed by atoms with Crippen molar-refractivity contribution >= 4 is 6.29 Å². The fourth-order valence-corrected chi connectivity index (χ4v) is 1.26. The summed E-state index contributed by atoms with van der Waals surface area (Å²) in [4.78, 5) is 10.4. The minimum absolute atomic E-state index is 0.0559. The van der Waals surface area contributed by atoms with Crippen molar-refractivity contribution in [2.24, 2.45) is 0 Å². The van der Waals surface area contributed by atoms with Crippen molar-refractivity contribution in [1.29, 1.82) is 0 Å². The summed E-state index contributed by atoms with van der Waals surface area (Å²) in [6, 6.07) is 2.07. The lowest BCUT2D eigenvalue weighted by Crippen LogP contribution is -2.00. The van der Waals surface area contributed by atoms with Crippen LogP contribution >= 0.6 is 0 Å². The number of aldehydes is 1. The van der Waals surface area contributed by atoms with Crippen LogP contribution < -0.4 is 0 Å². The van der Waals surface area contributed by atoms with Gasteiger partial charge in [-0.05, 0) is 18.6 Å². The predicted octanol–water partition coefficient (Wildman–Crippen LogP) is 1.67. The van der Waals surface area contributed by atoms with Gasteiger partial charge in [0.2, 0.25) is 0 Å². The number of rotatable bonds is 2. The third kappa shape index (κ3) is 1.69. The second-order valence-corrected chi connectivity index (χ2v) is 3.26. The molecule has 1 aromatic heterocycles. The van der Waals surface area contributed by atoms with Crippen LogP contribution in [0.3, 0.4) is 0 Å². The first kappa shape index (κ1) is 10.4. The molecule has 0 unspecified atom stereocenters. The molecule has 0 saturated heterocycles. The first-order chi connectivity index (χ1) is 7.61. The molecule has 0 aliphatic rings. The van der Waals surface area contributed by atoms with E-state index < -0.39 is 11.6 Å². The van der Waals surface area contributed by atoms with Gasteiger partial charge in [0.1, 0.15) is 23.0 Å². The maximum atomic E-state index is 13.5. The van der Waals surface area contributed by atoms with Gasteiger partial charge in [0.25, 0.3) is 0 Å². The van der Waals surface area contributed by atoms with E-state index in [0.717, 1.165) is 16.8 Å². The van der Waals surface area contributed by atoms with E-state index in [4.69, 9.17) is 0 Å². The van der Waals surface area contributed by atoms with Crippen LogP contribution in [0.2, 0.25) is 0 Å². The molecule has 0 atom stereocenters. The number of aromatic nitrogens is 3. The topological polar surface area (TPSA) is 47.8 Å². The lowest BCUT2D eigenvalue weighted by Gasteiger charge is -2.03. The predicted molar refractivity (Wildman–Crippen MR) is 51.4 cm³/mol. The molecule has 0 spiro atoms. The summed E-state index contributed by atoms with van der Waals surface area (Å²) < 4.78 is 27.7. The summed E-state index contributed by atoms with van der Waals surface area (Å²) in [5, 5.41) is 6.98. The van der Waals surface area contributed by atoms with Gasteiger partial charge in [-0.3, -0.25) is 4.79 Å². The Balaban J connectivity index is 2.55. The zero-order chi connectivity index (χ0) is 11.7. The Kier molecular flexibility index (Phi) is 2.47. The molecule has 16 heavy (non-hydrogen) atoms. The minimum atomic E-state index is -0.624. The summed E-state index contributed by atoms with van der Waals surface area (Å²) in [6.07, 6.45) is 1.70. The van der Waals surface area contributed by atoms with Crippen LogP contribution in [-0.2, 0) is 0 Å². The van der Waals surface area contributed by atoms with Gasteiger partial charge in [-0.15, -0.1) is 5.10 Å². The summed E-state index contributed by atoms with van der Waals surface area (Å²) >= 11 is 0. The largest absolute Gasteiger partial charge is 0.296 e. The first-order valence-corrected chi connectivity index (χ1v) is 4.45. The molecule has 82 valence electrons. The maximum Gasteiger partial charge on any atom is 0.171 e. The Bertz CT molecular complexity index is 551. The van der Waals surface area contributed by atoms with Gasteiger partial charge < -0.3 is 0 Å². The number of halogens is 2. The highest BCUT2D eigenvalue weighted by atomic mass is 19.1. The number of aryl methyl sites for hydroxylation is 1. The van der Waals surface area contributed by atoms with Gasteiger partial charge in [0, 0.05) is 6.07 Å². The molecular weight excluding hydrogens is 216 g/mol. The third-order valence-electron chi connectivity index (χ3n) is 2.11. The Morgan fingerprint density at radius 3 is 2.69 bits per heavy atom. The van der Waals surface area contributed by atoms with Crippen LogP contribution in [-0.4, -0.2) is 21.3 Å². The van der Waals surface area contributed by atoms with Crippen molar-refractivity contribution in [2.45, 2.75) is 6.92 Å². The lowest BCUT2D eigenvalue weighted by atomic mass is 10.2. The highest BCUT2D eigenvalue weighted by molar-refractivity contribution is 5.70. The van der Waals surface area contributed by atoms with Crippen molar-refractivity contribution in [1.82, 2.24) is 15.0 Å². The van der Waals surface area contributed by atoms with Crippen LogP contribution in [0.1, 0.15) is 16.1 Å². The van der Waals surface area contributed by atoms with Crippen molar-refractivity contribution in [3.8, 4) is 5.69 Å². The van der Waals surface area contributed by atoms with Crippen LogP contribution in [0.5, 0.6) is 0 Å². The maximum absolute atomic E-state index is 13.5. The molecule has 2 aromatic rings. The van der Waals surface area contributed by atoms with E-state index in [-0.39, 0.29) is 16.9 Å². The molecule has 0 bridgehead atoms. The average Bonchev–Trinajstić information content (AvgIpc) is 2.71. The zero-order valence-electron chi connectivity index (χ0n) is 8.32. The number of nitrogens with zero attached hydrogens (tertiary/aromatic N) is 3. The highest BCUT2D eigenvalue weighted by Crippen LogP contribution is 2.17. The van der Waals surface area contributed by atoms with E-state index in [1.54, 1.807) is 0 Å². The molecular formula is C10H7F2N3O. The van der Waals surface area contributed by atoms with Gasteiger partial charge in [-0.1, -0.05) is 5.21 Å². The fourth-order valence-electron chi connectivity index (χ4n) is 1.26. The second-order valence-electron chi connectivity index (χ2n) is 3.26. The molecule has 1 aromatic carbocycles. The van der Waals surface area contributed by atoms with Crippen molar-refractivity contribution in [3.63, 3.8) is 0 Å². The smallest absolute Gasteiger partial charge is 0.171 e. The third-order valence-corrected chi connectivity index (χ3v) is 2.11. The van der Waals surface area contributed by atoms with E-state index >= 15 is 0 Å². The molecule has 0 aliphatic heterocycles. The van der Waals surface area contributed by atoms with Gasteiger partial charge in [-0.25, -0.2) is 13.5 Å². The van der Waals surface area contributed by atoms with Crippen molar-refractivity contribution in [2.75, 3.05) is 0 Å². The molecule has 1 heterocycles. The Morgan fingerprint density at radius 1 is 1.31 bits per heavy atom. The van der Waals surface area contributed by atoms with Gasteiger partial charge in [0.05, 0.1) is 6.20 Å². The molecule has 0 N–H and O–H groups in total. The van der Waals surface area contributed by atoms with E-state index in [2.05, 4.69) is 10.3 Å². The van der Waals surface area contributed by atoms with Crippen LogP contribution in [0.4, 0.5) is 8.78 Å². The molecule has 6 heteroatoms. The lowest BCUT2D eigenvalue weighted by molar-refractivity contribution is 0.111.